The van der Waals surface area contributed by atoms with Crippen LogP contribution >= 0.6 is 15.9 Å². The number of nitrogens with zero attached hydrogens (tertiary/aromatic N) is 7. The van der Waals surface area contributed by atoms with Gasteiger partial charge in [-0.2, -0.15) is 5.26 Å². The van der Waals surface area contributed by atoms with Crippen molar-refractivity contribution in [3.63, 3.8) is 0 Å². The third-order valence-electron chi connectivity index (χ3n) is 6.19. The highest BCUT2D eigenvalue weighted by Gasteiger charge is 2.14. The summed E-state index contributed by atoms with van der Waals surface area (Å²) in [5.41, 5.74) is 3.43. The molecule has 2 rings (SSSR count). The molecule has 0 fully saturated rings. The highest BCUT2D eigenvalue weighted by atomic mass is 79.9. The van der Waals surface area contributed by atoms with E-state index < -0.39 is 0 Å². The smallest absolute Gasteiger partial charge is 0.232 e. The van der Waals surface area contributed by atoms with E-state index in [9.17, 15) is 5.26 Å². The van der Waals surface area contributed by atoms with E-state index in [0.29, 0.717) is 42.8 Å². The molecular weight excluding hydrogens is 638 g/mol. The summed E-state index contributed by atoms with van der Waals surface area (Å²) in [6.07, 6.45) is 5.29. The maximum atomic E-state index is 9.32. The Morgan fingerprint density at radius 2 is 1.27 bits per heavy atom. The lowest BCUT2D eigenvalue weighted by Crippen LogP contribution is -2.20. The Bertz CT molecular complexity index is 1250. The first-order valence-corrected chi connectivity index (χ1v) is 16.3. The Hall–Kier alpha value is -3.27. The molecule has 2 aromatic rings. The van der Waals surface area contributed by atoms with Gasteiger partial charge in [0.1, 0.15) is 23.8 Å². The number of ether oxygens (including phenoxy) is 4. The van der Waals surface area contributed by atoms with Gasteiger partial charge in [-0.25, -0.2) is 20.0 Å². The predicted molar refractivity (Wildman–Crippen MR) is 186 cm³/mol. The number of pyridine rings is 2. The third kappa shape index (κ3) is 15.5. The van der Waals surface area contributed by atoms with Gasteiger partial charge in [0.2, 0.25) is 11.8 Å². The number of aryl methyl sites for hydroxylation is 2. The molecule has 0 radical (unpaired) electrons. The van der Waals surface area contributed by atoms with Gasteiger partial charge in [-0.3, -0.25) is 0 Å². The fourth-order valence-electron chi connectivity index (χ4n) is 3.36. The van der Waals surface area contributed by atoms with Crippen molar-refractivity contribution in [3.05, 3.63) is 33.6 Å². The van der Waals surface area contributed by atoms with Gasteiger partial charge in [-0.15, -0.1) is 0 Å². The Morgan fingerprint density at radius 1 is 0.822 bits per heavy atom. The van der Waals surface area contributed by atoms with Gasteiger partial charge in [0.25, 0.3) is 0 Å². The largest absolute Gasteiger partial charge is 0.471 e. The average molecular weight is 691 g/mol. The lowest BCUT2D eigenvalue weighted by molar-refractivity contribution is 0.0563. The zero-order valence-electron chi connectivity index (χ0n) is 28.8. The van der Waals surface area contributed by atoms with Crippen LogP contribution in [0.5, 0.6) is 11.8 Å². The molecule has 0 aromatic carbocycles. The fourth-order valence-corrected chi connectivity index (χ4v) is 3.76. The minimum atomic E-state index is -0.166. The number of halogens is 1. The number of hydrogen-bond donors (Lipinski definition) is 0. The van der Waals surface area contributed by atoms with Crippen molar-refractivity contribution in [1.82, 2.24) is 19.8 Å². The van der Waals surface area contributed by atoms with E-state index in [-0.39, 0.29) is 12.2 Å². The summed E-state index contributed by atoms with van der Waals surface area (Å²) < 4.78 is 23.3. The van der Waals surface area contributed by atoms with Gasteiger partial charge in [-0.1, -0.05) is 13.8 Å². The monoisotopic (exact) mass is 689 g/mol. The first kappa shape index (κ1) is 39.8. The fraction of sp³-hybridized carbons (Fsp3) is 0.606. The Labute approximate surface area is 278 Å². The highest BCUT2D eigenvalue weighted by molar-refractivity contribution is 9.10. The molecule has 2 unspecified atom stereocenters. The summed E-state index contributed by atoms with van der Waals surface area (Å²) in [4.78, 5) is 21.6. The van der Waals surface area contributed by atoms with Crippen LogP contribution in [-0.2, 0) is 9.47 Å². The molecule has 0 bridgehead atoms. The van der Waals surface area contributed by atoms with Gasteiger partial charge in [0, 0.05) is 40.4 Å². The molecule has 2 atom stereocenters. The van der Waals surface area contributed by atoms with E-state index in [2.05, 4.69) is 62.7 Å². The lowest BCUT2D eigenvalue weighted by Gasteiger charge is -2.16. The van der Waals surface area contributed by atoms with Crippen molar-refractivity contribution >= 4 is 40.0 Å². The average Bonchev–Trinajstić information content (AvgIpc) is 3.01. The molecule has 250 valence electrons. The molecule has 0 saturated heterocycles. The number of rotatable bonds is 18. The quantitative estimate of drug-likeness (QED) is 0.0924. The molecule has 2 aromatic heterocycles. The van der Waals surface area contributed by atoms with Crippen molar-refractivity contribution in [3.8, 4) is 17.8 Å². The molecule has 0 aliphatic heterocycles. The number of nitriles is 1. The maximum absolute atomic E-state index is 9.32. The van der Waals surface area contributed by atoms with E-state index in [0.717, 1.165) is 54.1 Å². The van der Waals surface area contributed by atoms with E-state index in [1.807, 2.05) is 64.6 Å². The summed E-state index contributed by atoms with van der Waals surface area (Å²) in [5.74, 6) is 0.910. The first-order chi connectivity index (χ1) is 21.5. The molecule has 0 aliphatic rings. The molecule has 0 spiro atoms. The van der Waals surface area contributed by atoms with Gasteiger partial charge < -0.3 is 28.7 Å². The maximum Gasteiger partial charge on any atom is 0.232 e. The Kier molecular flexibility index (Phi) is 19.7. The summed E-state index contributed by atoms with van der Waals surface area (Å²) >= 11 is 3.50. The van der Waals surface area contributed by atoms with Gasteiger partial charge in [0.15, 0.2) is 0 Å². The molecule has 0 N–H and O–H groups in total. The summed E-state index contributed by atoms with van der Waals surface area (Å²) in [6.45, 7) is 20.2. The van der Waals surface area contributed by atoms with Crippen LogP contribution in [0.15, 0.2) is 26.6 Å². The van der Waals surface area contributed by atoms with Crippen LogP contribution < -0.4 is 9.47 Å². The van der Waals surface area contributed by atoms with Crippen LogP contribution in [0.3, 0.4) is 0 Å². The molecular formula is C33H52BrN7O4. The molecule has 2 heterocycles. The minimum Gasteiger partial charge on any atom is -0.471 e. The Balaban J connectivity index is 0.000000450. The van der Waals surface area contributed by atoms with Crippen LogP contribution in [-0.4, -0.2) is 98.3 Å². The first-order valence-electron chi connectivity index (χ1n) is 15.6. The van der Waals surface area contributed by atoms with Crippen LogP contribution in [0, 0.1) is 25.2 Å². The Morgan fingerprint density at radius 3 is 1.71 bits per heavy atom. The van der Waals surface area contributed by atoms with Crippen LogP contribution in [0.2, 0.25) is 0 Å². The lowest BCUT2D eigenvalue weighted by atomic mass is 10.2. The zero-order chi connectivity index (χ0) is 33.8. The van der Waals surface area contributed by atoms with Crippen LogP contribution in [0.25, 0.3) is 0 Å². The van der Waals surface area contributed by atoms with Gasteiger partial charge in [-0.05, 0) is 82.4 Å². The second-order valence-corrected chi connectivity index (χ2v) is 11.4. The van der Waals surface area contributed by atoms with Crippen molar-refractivity contribution < 1.29 is 18.9 Å². The van der Waals surface area contributed by atoms with E-state index >= 15 is 0 Å². The second kappa shape index (κ2) is 22.3. The van der Waals surface area contributed by atoms with Crippen molar-refractivity contribution in [2.45, 2.75) is 80.4 Å². The number of aromatic nitrogens is 2. The SMILES string of the molecule is CCCOCC(C)Oc1nc(C)c(N=CN(C)CC)cc1Br.CCCOCC(C)Oc1nc(C)c(N=CN(C)CC)cc1C#N. The van der Waals surface area contributed by atoms with E-state index in [4.69, 9.17) is 18.9 Å². The zero-order valence-corrected chi connectivity index (χ0v) is 30.3. The topological polar surface area (TPSA) is 118 Å². The van der Waals surface area contributed by atoms with Crippen LogP contribution in [0.1, 0.15) is 71.3 Å². The van der Waals surface area contributed by atoms with Crippen molar-refractivity contribution in [2.75, 3.05) is 53.6 Å². The predicted octanol–water partition coefficient (Wildman–Crippen LogP) is 7.03. The minimum absolute atomic E-state index is 0.0460. The van der Waals surface area contributed by atoms with Gasteiger partial charge >= 0.3 is 0 Å². The number of hydrogen-bond acceptors (Lipinski definition) is 9. The summed E-state index contributed by atoms with van der Waals surface area (Å²) in [7, 11) is 3.92. The van der Waals surface area contributed by atoms with Crippen molar-refractivity contribution in [2.24, 2.45) is 9.98 Å². The van der Waals surface area contributed by atoms with Crippen LogP contribution in [0.4, 0.5) is 11.4 Å². The molecule has 0 saturated carbocycles. The molecule has 12 heteroatoms. The third-order valence-corrected chi connectivity index (χ3v) is 6.76. The second-order valence-electron chi connectivity index (χ2n) is 10.6. The highest BCUT2D eigenvalue weighted by Crippen LogP contribution is 2.30. The van der Waals surface area contributed by atoms with Gasteiger partial charge in [0.05, 0.1) is 53.1 Å². The molecule has 45 heavy (non-hydrogen) atoms. The standard InChI is InChI=1S/C17H26N4O2.C16H26BrN3O2/c1-6-8-22-11-13(3)23-17-15(10-18)9-16(14(4)20-17)19-12-21(5)7-2;1-6-8-21-10-12(3)22-16-14(17)9-15(13(4)19-16)18-11-20(5)7-2/h9,12-13H,6-8,11H2,1-5H3;9,11-12H,6-8,10H2,1-5H3. The number of aliphatic imine (C=N–C) groups is 2. The molecule has 0 amide bonds. The van der Waals surface area contributed by atoms with E-state index in [1.165, 1.54) is 0 Å². The summed E-state index contributed by atoms with van der Waals surface area (Å²) in [5, 5.41) is 9.32. The molecule has 0 aliphatic carbocycles. The molecule has 11 nitrogen and oxygen atoms in total. The van der Waals surface area contributed by atoms with E-state index in [1.54, 1.807) is 18.7 Å². The van der Waals surface area contributed by atoms with Crippen molar-refractivity contribution in [1.29, 1.82) is 5.26 Å². The summed E-state index contributed by atoms with van der Waals surface area (Å²) in [6, 6.07) is 5.76. The normalized spacial score (nSPS) is 12.4.